The van der Waals surface area contributed by atoms with Crippen molar-refractivity contribution in [3.05, 3.63) is 35.8 Å². The molecule has 0 bridgehead atoms. The lowest BCUT2D eigenvalue weighted by Crippen LogP contribution is -2.29. The van der Waals surface area contributed by atoms with Crippen LogP contribution in [0.15, 0.2) is 24.4 Å². The normalized spacial score (nSPS) is 19.3. The predicted octanol–water partition coefficient (Wildman–Crippen LogP) is 1.10. The van der Waals surface area contributed by atoms with Gasteiger partial charge in [-0.3, -0.25) is 4.79 Å². The Morgan fingerprint density at radius 3 is 3.05 bits per heavy atom. The number of likely N-dealkylation sites (tertiary alicyclic amines) is 1. The van der Waals surface area contributed by atoms with E-state index < -0.39 is 0 Å². The van der Waals surface area contributed by atoms with Crippen LogP contribution in [0.3, 0.4) is 0 Å². The largest absolute Gasteiger partial charge is 0.396 e. The molecule has 1 amide bonds. The lowest BCUT2D eigenvalue weighted by Gasteiger charge is -2.14. The summed E-state index contributed by atoms with van der Waals surface area (Å²) < 4.78 is 1.92. The summed E-state index contributed by atoms with van der Waals surface area (Å²) >= 11 is 0. The number of aryl methyl sites for hydroxylation is 1. The van der Waals surface area contributed by atoms with Crippen molar-refractivity contribution < 1.29 is 9.90 Å². The van der Waals surface area contributed by atoms with Crippen LogP contribution >= 0.6 is 0 Å². The summed E-state index contributed by atoms with van der Waals surface area (Å²) in [5.41, 5.74) is 2.33. The number of aliphatic hydroxyl groups excluding tert-OH is 1. The second kappa shape index (κ2) is 4.66. The second-order valence-corrected chi connectivity index (χ2v) is 5.11. The van der Waals surface area contributed by atoms with Crippen molar-refractivity contribution in [3.8, 4) is 0 Å². The summed E-state index contributed by atoms with van der Waals surface area (Å²) in [6.07, 6.45) is 2.66. The molecule has 5 heteroatoms. The van der Waals surface area contributed by atoms with Crippen LogP contribution in [-0.2, 0) is 0 Å². The first-order valence-electron chi connectivity index (χ1n) is 6.54. The number of nitrogens with zero attached hydrogens (tertiary/aromatic N) is 3. The molecule has 0 radical (unpaired) electrons. The fourth-order valence-electron chi connectivity index (χ4n) is 2.58. The summed E-state index contributed by atoms with van der Waals surface area (Å²) in [7, 11) is 0. The van der Waals surface area contributed by atoms with Gasteiger partial charge in [-0.2, -0.15) is 0 Å². The van der Waals surface area contributed by atoms with Crippen LogP contribution in [0.1, 0.15) is 22.6 Å². The zero-order chi connectivity index (χ0) is 13.4. The molecule has 1 fully saturated rings. The number of amides is 1. The number of hydrogen-bond acceptors (Lipinski definition) is 3. The fraction of sp³-hybridized carbons (Fsp3) is 0.429. The molecule has 1 unspecified atom stereocenters. The van der Waals surface area contributed by atoms with Gasteiger partial charge in [0.05, 0.1) is 0 Å². The van der Waals surface area contributed by atoms with Gasteiger partial charge >= 0.3 is 0 Å². The van der Waals surface area contributed by atoms with E-state index in [0.29, 0.717) is 18.8 Å². The Kier molecular flexibility index (Phi) is 2.98. The van der Waals surface area contributed by atoms with E-state index in [1.807, 2.05) is 29.5 Å². The number of aliphatic hydroxyl groups is 1. The van der Waals surface area contributed by atoms with Crippen LogP contribution in [0.4, 0.5) is 0 Å². The van der Waals surface area contributed by atoms with Crippen molar-refractivity contribution in [3.63, 3.8) is 0 Å². The Balaban J connectivity index is 1.88. The summed E-state index contributed by atoms with van der Waals surface area (Å²) in [6.45, 7) is 3.47. The average molecular weight is 259 g/mol. The third-order valence-corrected chi connectivity index (χ3v) is 3.75. The van der Waals surface area contributed by atoms with Crippen LogP contribution < -0.4 is 0 Å². The Bertz CT molecular complexity index is 620. The Morgan fingerprint density at radius 1 is 1.53 bits per heavy atom. The summed E-state index contributed by atoms with van der Waals surface area (Å²) in [5.74, 6) is 0.168. The second-order valence-electron chi connectivity index (χ2n) is 5.11. The van der Waals surface area contributed by atoms with Gasteiger partial charge in [0.15, 0.2) is 0 Å². The van der Waals surface area contributed by atoms with Gasteiger partial charge in [0, 0.05) is 37.5 Å². The van der Waals surface area contributed by atoms with Crippen molar-refractivity contribution in [2.24, 2.45) is 5.92 Å². The minimum absolute atomic E-state index is 0.0425. The Hall–Kier alpha value is -1.88. The zero-order valence-electron chi connectivity index (χ0n) is 10.9. The number of carbonyl (C=O) groups excluding carboxylic acids is 1. The smallest absolute Gasteiger partial charge is 0.274 e. The third kappa shape index (κ3) is 2.10. The lowest BCUT2D eigenvalue weighted by molar-refractivity contribution is 0.0777. The van der Waals surface area contributed by atoms with Gasteiger partial charge < -0.3 is 14.4 Å². The van der Waals surface area contributed by atoms with E-state index in [1.165, 1.54) is 0 Å². The molecule has 1 N–H and O–H groups in total. The standard InChI is InChI=1S/C14H17N3O2/c1-10-3-2-4-13-15-12(8-17(10)13)14(19)16-6-5-11(7-16)9-18/h2-4,8,11,18H,5-7,9H2,1H3. The van der Waals surface area contributed by atoms with Crippen LogP contribution in [0.5, 0.6) is 0 Å². The SMILES string of the molecule is Cc1cccc2nc(C(=O)N3CCC(CO)C3)cn12. The molecule has 1 atom stereocenters. The van der Waals surface area contributed by atoms with E-state index in [4.69, 9.17) is 5.11 Å². The maximum atomic E-state index is 12.4. The minimum atomic E-state index is -0.0425. The average Bonchev–Trinajstić information content (AvgIpc) is 3.05. The monoisotopic (exact) mass is 259 g/mol. The Labute approximate surface area is 111 Å². The minimum Gasteiger partial charge on any atom is -0.396 e. The number of carbonyl (C=O) groups is 1. The molecule has 100 valence electrons. The van der Waals surface area contributed by atoms with Gasteiger partial charge in [-0.15, -0.1) is 0 Å². The van der Waals surface area contributed by atoms with Gasteiger partial charge in [-0.1, -0.05) is 6.07 Å². The maximum Gasteiger partial charge on any atom is 0.274 e. The molecule has 0 aliphatic carbocycles. The van der Waals surface area contributed by atoms with Crippen molar-refractivity contribution >= 4 is 11.6 Å². The number of pyridine rings is 1. The Morgan fingerprint density at radius 2 is 2.37 bits per heavy atom. The molecule has 2 aromatic heterocycles. The first kappa shape index (κ1) is 12.2. The quantitative estimate of drug-likeness (QED) is 0.878. The van der Waals surface area contributed by atoms with Crippen molar-refractivity contribution in [1.82, 2.24) is 14.3 Å². The molecule has 19 heavy (non-hydrogen) atoms. The van der Waals surface area contributed by atoms with Crippen LogP contribution in [0.2, 0.25) is 0 Å². The molecule has 1 aliphatic rings. The third-order valence-electron chi connectivity index (χ3n) is 3.75. The van der Waals surface area contributed by atoms with E-state index in [2.05, 4.69) is 4.98 Å². The molecule has 1 aliphatic heterocycles. The first-order chi connectivity index (χ1) is 9.19. The van der Waals surface area contributed by atoms with Gasteiger partial charge in [0.25, 0.3) is 5.91 Å². The summed E-state index contributed by atoms with van der Waals surface area (Å²) in [5, 5.41) is 9.13. The first-order valence-corrected chi connectivity index (χ1v) is 6.54. The van der Waals surface area contributed by atoms with Crippen LogP contribution in [-0.4, -0.2) is 45.0 Å². The number of aromatic nitrogens is 2. The highest BCUT2D eigenvalue weighted by Crippen LogP contribution is 2.18. The zero-order valence-corrected chi connectivity index (χ0v) is 10.9. The summed E-state index contributed by atoms with van der Waals surface area (Å²) in [6, 6.07) is 5.81. The number of rotatable bonds is 2. The van der Waals surface area contributed by atoms with Crippen molar-refractivity contribution in [2.45, 2.75) is 13.3 Å². The van der Waals surface area contributed by atoms with Gasteiger partial charge in [0.2, 0.25) is 0 Å². The maximum absolute atomic E-state index is 12.4. The van der Waals surface area contributed by atoms with Crippen molar-refractivity contribution in [2.75, 3.05) is 19.7 Å². The predicted molar refractivity (Wildman–Crippen MR) is 71.0 cm³/mol. The molecular formula is C14H17N3O2. The highest BCUT2D eigenvalue weighted by atomic mass is 16.3. The van der Waals surface area contributed by atoms with Crippen LogP contribution in [0.25, 0.3) is 5.65 Å². The van der Waals surface area contributed by atoms with E-state index in [-0.39, 0.29) is 18.4 Å². The fourth-order valence-corrected chi connectivity index (χ4v) is 2.58. The van der Waals surface area contributed by atoms with E-state index in [9.17, 15) is 4.79 Å². The molecule has 0 saturated carbocycles. The molecule has 5 nitrogen and oxygen atoms in total. The molecule has 0 spiro atoms. The van der Waals surface area contributed by atoms with Gasteiger partial charge in [-0.05, 0) is 25.5 Å². The van der Waals surface area contributed by atoms with E-state index in [0.717, 1.165) is 17.8 Å². The van der Waals surface area contributed by atoms with Crippen molar-refractivity contribution in [1.29, 1.82) is 0 Å². The highest BCUT2D eigenvalue weighted by Gasteiger charge is 2.27. The lowest BCUT2D eigenvalue weighted by atomic mass is 10.1. The van der Waals surface area contributed by atoms with E-state index in [1.54, 1.807) is 11.1 Å². The number of hydrogen-bond donors (Lipinski definition) is 1. The molecular weight excluding hydrogens is 242 g/mol. The number of fused-ring (bicyclic) bond motifs is 1. The van der Waals surface area contributed by atoms with Crippen LogP contribution in [0, 0.1) is 12.8 Å². The number of imidazole rings is 1. The molecule has 3 heterocycles. The molecule has 2 aromatic rings. The molecule has 1 saturated heterocycles. The van der Waals surface area contributed by atoms with E-state index >= 15 is 0 Å². The topological polar surface area (TPSA) is 57.8 Å². The van der Waals surface area contributed by atoms with Gasteiger partial charge in [-0.25, -0.2) is 4.98 Å². The summed E-state index contributed by atoms with van der Waals surface area (Å²) in [4.78, 5) is 18.5. The molecule has 3 rings (SSSR count). The molecule has 0 aromatic carbocycles. The van der Waals surface area contributed by atoms with Gasteiger partial charge in [0.1, 0.15) is 11.3 Å². The highest BCUT2D eigenvalue weighted by molar-refractivity contribution is 5.93.